The Kier molecular flexibility index (Phi) is 5.66. The second-order valence-corrected chi connectivity index (χ2v) is 6.15. The number of nitrogens with zero attached hydrogens (tertiary/aromatic N) is 2. The number of rotatable bonds is 4. The molecule has 1 aliphatic rings. The van der Waals surface area contributed by atoms with E-state index in [1.54, 1.807) is 4.90 Å². The van der Waals surface area contributed by atoms with Gasteiger partial charge in [-0.05, 0) is 24.3 Å². The molecule has 2 amide bonds. The molecule has 1 N–H and O–H groups in total. The first-order valence-corrected chi connectivity index (χ1v) is 7.91. The summed E-state index contributed by atoms with van der Waals surface area (Å²) in [6.07, 6.45) is 0. The highest BCUT2D eigenvalue weighted by Gasteiger charge is 2.21. The van der Waals surface area contributed by atoms with Gasteiger partial charge < -0.3 is 15.1 Å². The molecule has 2 rings (SSSR count). The Hall–Kier alpha value is -1.75. The van der Waals surface area contributed by atoms with Gasteiger partial charge in [0.2, 0.25) is 11.8 Å². The predicted octanol–water partition coefficient (Wildman–Crippen LogP) is 1.76. The summed E-state index contributed by atoms with van der Waals surface area (Å²) in [6.45, 7) is 6.60. The maximum atomic E-state index is 12.1. The van der Waals surface area contributed by atoms with Gasteiger partial charge in [0.15, 0.2) is 0 Å². The molecule has 0 aliphatic carbocycles. The number of anilines is 1. The molecule has 0 atom stereocenters. The summed E-state index contributed by atoms with van der Waals surface area (Å²) in [5, 5.41) is 3.39. The van der Waals surface area contributed by atoms with Gasteiger partial charge in [-0.2, -0.15) is 0 Å². The minimum absolute atomic E-state index is 0.0234. The van der Waals surface area contributed by atoms with Crippen LogP contribution in [0.3, 0.4) is 0 Å². The second kappa shape index (κ2) is 7.49. The molecule has 0 unspecified atom stereocenters. The summed E-state index contributed by atoms with van der Waals surface area (Å²) in [5.74, 6) is -0.215. The zero-order chi connectivity index (χ0) is 16.1. The van der Waals surface area contributed by atoms with Gasteiger partial charge in [-0.25, -0.2) is 0 Å². The molecule has 1 aromatic carbocycles. The molecule has 1 saturated heterocycles. The van der Waals surface area contributed by atoms with Crippen LogP contribution in [0.1, 0.15) is 13.8 Å². The normalized spacial score (nSPS) is 15.1. The van der Waals surface area contributed by atoms with Crippen molar-refractivity contribution < 1.29 is 9.59 Å². The number of benzene rings is 1. The second-order valence-electron chi connectivity index (χ2n) is 5.72. The topological polar surface area (TPSA) is 52.7 Å². The van der Waals surface area contributed by atoms with Crippen LogP contribution in [-0.4, -0.2) is 49.4 Å². The van der Waals surface area contributed by atoms with Crippen molar-refractivity contribution >= 4 is 29.1 Å². The minimum atomic E-state index is -0.102. The van der Waals surface area contributed by atoms with E-state index in [0.29, 0.717) is 13.1 Å². The SMILES string of the molecule is CC(C)C(=O)NCC(=O)N1CCN(c2ccc(Cl)cc2)CC1. The molecular formula is C16H22ClN3O2. The smallest absolute Gasteiger partial charge is 0.242 e. The lowest BCUT2D eigenvalue weighted by Crippen LogP contribution is -2.51. The van der Waals surface area contributed by atoms with E-state index in [2.05, 4.69) is 10.2 Å². The van der Waals surface area contributed by atoms with Crippen molar-refractivity contribution in [3.05, 3.63) is 29.3 Å². The molecule has 22 heavy (non-hydrogen) atoms. The first kappa shape index (κ1) is 16.6. The molecule has 1 fully saturated rings. The van der Waals surface area contributed by atoms with Crippen LogP contribution in [0.4, 0.5) is 5.69 Å². The highest BCUT2D eigenvalue weighted by Crippen LogP contribution is 2.19. The summed E-state index contributed by atoms with van der Waals surface area (Å²) >= 11 is 5.89. The van der Waals surface area contributed by atoms with Crippen molar-refractivity contribution in [1.29, 1.82) is 0 Å². The van der Waals surface area contributed by atoms with Crippen LogP contribution < -0.4 is 10.2 Å². The number of halogens is 1. The molecule has 6 heteroatoms. The third-order valence-electron chi connectivity index (χ3n) is 3.76. The number of amides is 2. The molecule has 0 aromatic heterocycles. The summed E-state index contributed by atoms with van der Waals surface area (Å²) in [7, 11) is 0. The van der Waals surface area contributed by atoms with Gasteiger partial charge in [0, 0.05) is 42.8 Å². The van der Waals surface area contributed by atoms with Gasteiger partial charge in [-0.15, -0.1) is 0 Å². The third kappa shape index (κ3) is 4.37. The van der Waals surface area contributed by atoms with Crippen molar-refractivity contribution in [2.45, 2.75) is 13.8 Å². The van der Waals surface area contributed by atoms with Crippen LogP contribution in [0.5, 0.6) is 0 Å². The fraction of sp³-hybridized carbons (Fsp3) is 0.500. The molecule has 120 valence electrons. The van der Waals surface area contributed by atoms with Crippen LogP contribution in [0.2, 0.25) is 5.02 Å². The average Bonchev–Trinajstić information content (AvgIpc) is 2.53. The van der Waals surface area contributed by atoms with E-state index in [1.165, 1.54) is 0 Å². The first-order valence-electron chi connectivity index (χ1n) is 7.53. The van der Waals surface area contributed by atoms with Crippen LogP contribution in [0, 0.1) is 5.92 Å². The molecular weight excluding hydrogens is 302 g/mol. The Morgan fingerprint density at radius 1 is 1.14 bits per heavy atom. The van der Waals surface area contributed by atoms with Gasteiger partial charge in [0.05, 0.1) is 6.54 Å². The van der Waals surface area contributed by atoms with Gasteiger partial charge in [0.25, 0.3) is 0 Å². The standard InChI is InChI=1S/C16H22ClN3O2/c1-12(2)16(22)18-11-15(21)20-9-7-19(8-10-20)14-5-3-13(17)4-6-14/h3-6,12H,7-11H2,1-2H3,(H,18,22). The Morgan fingerprint density at radius 2 is 1.73 bits per heavy atom. The van der Waals surface area contributed by atoms with Gasteiger partial charge in [0.1, 0.15) is 0 Å². The molecule has 0 radical (unpaired) electrons. The number of carbonyl (C=O) groups excluding carboxylic acids is 2. The van der Waals surface area contributed by atoms with E-state index >= 15 is 0 Å². The fourth-order valence-electron chi connectivity index (χ4n) is 2.34. The lowest BCUT2D eigenvalue weighted by Gasteiger charge is -2.36. The maximum Gasteiger partial charge on any atom is 0.242 e. The summed E-state index contributed by atoms with van der Waals surface area (Å²) in [5.41, 5.74) is 1.12. The quantitative estimate of drug-likeness (QED) is 0.918. The molecule has 5 nitrogen and oxygen atoms in total. The molecule has 1 aliphatic heterocycles. The van der Waals surface area contributed by atoms with Gasteiger partial charge in [-0.1, -0.05) is 25.4 Å². The first-order chi connectivity index (χ1) is 10.5. The summed E-state index contributed by atoms with van der Waals surface area (Å²) in [6, 6.07) is 7.72. The fourth-order valence-corrected chi connectivity index (χ4v) is 2.47. The van der Waals surface area contributed by atoms with Crippen LogP contribution in [0.15, 0.2) is 24.3 Å². The van der Waals surface area contributed by atoms with E-state index < -0.39 is 0 Å². The zero-order valence-electron chi connectivity index (χ0n) is 13.0. The molecule has 0 bridgehead atoms. The predicted molar refractivity (Wildman–Crippen MR) is 88.1 cm³/mol. The maximum absolute atomic E-state index is 12.1. The summed E-state index contributed by atoms with van der Waals surface area (Å²) in [4.78, 5) is 27.6. The third-order valence-corrected chi connectivity index (χ3v) is 4.01. The Bertz CT molecular complexity index is 523. The number of hydrogen-bond donors (Lipinski definition) is 1. The Labute approximate surface area is 136 Å². The van der Waals surface area contributed by atoms with E-state index in [4.69, 9.17) is 11.6 Å². The number of nitrogens with one attached hydrogen (secondary N) is 1. The molecule has 1 heterocycles. The lowest BCUT2D eigenvalue weighted by molar-refractivity contribution is -0.133. The largest absolute Gasteiger partial charge is 0.368 e. The van der Waals surface area contributed by atoms with Crippen LogP contribution in [-0.2, 0) is 9.59 Å². The molecule has 0 saturated carbocycles. The van der Waals surface area contributed by atoms with Crippen molar-refractivity contribution in [3.8, 4) is 0 Å². The molecule has 1 aromatic rings. The molecule has 0 spiro atoms. The van der Waals surface area contributed by atoms with Gasteiger partial charge in [-0.3, -0.25) is 9.59 Å². The van der Waals surface area contributed by atoms with E-state index in [-0.39, 0.29) is 24.3 Å². The van der Waals surface area contributed by atoms with Crippen molar-refractivity contribution in [1.82, 2.24) is 10.2 Å². The zero-order valence-corrected chi connectivity index (χ0v) is 13.8. The number of carbonyl (C=O) groups is 2. The van der Waals surface area contributed by atoms with E-state index in [1.807, 2.05) is 38.1 Å². The monoisotopic (exact) mass is 323 g/mol. The van der Waals surface area contributed by atoms with Crippen LogP contribution in [0.25, 0.3) is 0 Å². The minimum Gasteiger partial charge on any atom is -0.368 e. The van der Waals surface area contributed by atoms with E-state index in [9.17, 15) is 9.59 Å². The van der Waals surface area contributed by atoms with Crippen LogP contribution >= 0.6 is 11.6 Å². The number of piperazine rings is 1. The van der Waals surface area contributed by atoms with Crippen molar-refractivity contribution in [2.75, 3.05) is 37.6 Å². The number of hydrogen-bond acceptors (Lipinski definition) is 3. The summed E-state index contributed by atoms with van der Waals surface area (Å²) < 4.78 is 0. The van der Waals surface area contributed by atoms with Crippen molar-refractivity contribution in [3.63, 3.8) is 0 Å². The van der Waals surface area contributed by atoms with Gasteiger partial charge >= 0.3 is 0 Å². The highest BCUT2D eigenvalue weighted by atomic mass is 35.5. The Morgan fingerprint density at radius 3 is 2.27 bits per heavy atom. The van der Waals surface area contributed by atoms with Crippen molar-refractivity contribution in [2.24, 2.45) is 5.92 Å². The lowest BCUT2D eigenvalue weighted by atomic mass is 10.2. The highest BCUT2D eigenvalue weighted by molar-refractivity contribution is 6.30. The Balaban J connectivity index is 1.80. The van der Waals surface area contributed by atoms with E-state index in [0.717, 1.165) is 23.8 Å². The average molecular weight is 324 g/mol.